The van der Waals surface area contributed by atoms with Gasteiger partial charge in [0, 0.05) is 11.8 Å². The van der Waals surface area contributed by atoms with Gasteiger partial charge in [-0.05, 0) is 25.0 Å². The number of carbonyl (C=O) groups excluding carboxylic acids is 1. The number of nitrogens with one attached hydrogen (secondary N) is 1. The fraction of sp³-hybridized carbons (Fsp3) is 0.333. The van der Waals surface area contributed by atoms with Crippen molar-refractivity contribution in [1.82, 2.24) is 0 Å². The summed E-state index contributed by atoms with van der Waals surface area (Å²) in [4.78, 5) is 12.1. The van der Waals surface area contributed by atoms with Crippen molar-refractivity contribution in [2.24, 2.45) is 16.3 Å². The van der Waals surface area contributed by atoms with Gasteiger partial charge in [-0.25, -0.2) is 0 Å². The molecule has 0 bridgehead atoms. The summed E-state index contributed by atoms with van der Waals surface area (Å²) in [5, 5.41) is 14.3. The number of hydrogen-bond donors (Lipinski definition) is 3. The molecule has 0 spiro atoms. The zero-order valence-corrected chi connectivity index (χ0v) is 10.0. The van der Waals surface area contributed by atoms with Gasteiger partial charge in [0.15, 0.2) is 5.84 Å². The molecule has 1 saturated carbocycles. The maximum absolute atomic E-state index is 12.1. The fourth-order valence-electron chi connectivity index (χ4n) is 1.77. The highest BCUT2D eigenvalue weighted by molar-refractivity contribution is 6.14. The van der Waals surface area contributed by atoms with Crippen molar-refractivity contribution in [3.8, 4) is 5.75 Å². The van der Waals surface area contributed by atoms with Crippen molar-refractivity contribution in [2.75, 3.05) is 12.4 Å². The molecule has 96 valence electrons. The first kappa shape index (κ1) is 12.2. The monoisotopic (exact) mass is 249 g/mol. The Morgan fingerprint density at radius 3 is 2.83 bits per heavy atom. The average molecular weight is 249 g/mol. The molecule has 0 aliphatic heterocycles. The second-order valence-corrected chi connectivity index (χ2v) is 4.25. The number of methoxy groups -OCH3 is 1. The van der Waals surface area contributed by atoms with E-state index < -0.39 is 5.41 Å². The lowest BCUT2D eigenvalue weighted by Gasteiger charge is -2.14. The maximum atomic E-state index is 12.1. The summed E-state index contributed by atoms with van der Waals surface area (Å²) in [5.74, 6) is 0.357. The van der Waals surface area contributed by atoms with Gasteiger partial charge in [0.1, 0.15) is 11.2 Å². The van der Waals surface area contributed by atoms with E-state index in [-0.39, 0.29) is 11.7 Å². The highest BCUT2D eigenvalue weighted by Crippen LogP contribution is 2.46. The van der Waals surface area contributed by atoms with Crippen LogP contribution >= 0.6 is 0 Å². The molecular formula is C12H15N3O3. The summed E-state index contributed by atoms with van der Waals surface area (Å²) in [5.41, 5.74) is 5.31. The van der Waals surface area contributed by atoms with Crippen molar-refractivity contribution >= 4 is 17.4 Å². The van der Waals surface area contributed by atoms with Gasteiger partial charge in [0.25, 0.3) is 0 Å². The molecule has 6 heteroatoms. The lowest BCUT2D eigenvalue weighted by atomic mass is 10.1. The molecule has 2 rings (SSSR count). The molecule has 0 radical (unpaired) electrons. The number of anilines is 1. The van der Waals surface area contributed by atoms with Gasteiger partial charge < -0.3 is 21.0 Å². The largest absolute Gasteiger partial charge is 0.497 e. The van der Waals surface area contributed by atoms with Crippen LogP contribution in [0, 0.1) is 5.41 Å². The second kappa shape index (κ2) is 4.56. The lowest BCUT2D eigenvalue weighted by Crippen LogP contribution is -2.36. The summed E-state index contributed by atoms with van der Waals surface area (Å²) < 4.78 is 5.07. The quantitative estimate of drug-likeness (QED) is 0.323. The minimum Gasteiger partial charge on any atom is -0.497 e. The number of amidine groups is 1. The molecule has 1 amide bonds. The van der Waals surface area contributed by atoms with Crippen LogP contribution < -0.4 is 15.8 Å². The van der Waals surface area contributed by atoms with Crippen molar-refractivity contribution in [3.05, 3.63) is 24.3 Å². The molecule has 0 atom stereocenters. The molecule has 0 aromatic heterocycles. The first-order chi connectivity index (χ1) is 8.62. The molecule has 1 aliphatic rings. The third-order valence-electron chi connectivity index (χ3n) is 3.11. The van der Waals surface area contributed by atoms with Crippen LogP contribution in [-0.2, 0) is 4.79 Å². The summed E-state index contributed by atoms with van der Waals surface area (Å²) in [6, 6.07) is 7.02. The van der Waals surface area contributed by atoms with Crippen LogP contribution in [0.5, 0.6) is 5.75 Å². The topological polar surface area (TPSA) is 96.9 Å². The number of amides is 1. The van der Waals surface area contributed by atoms with Crippen LogP contribution in [0.15, 0.2) is 29.4 Å². The van der Waals surface area contributed by atoms with E-state index in [9.17, 15) is 4.79 Å². The Labute approximate surface area is 104 Å². The number of carbonyl (C=O) groups is 1. The number of nitrogens with zero attached hydrogens (tertiary/aromatic N) is 1. The van der Waals surface area contributed by atoms with Crippen molar-refractivity contribution in [1.29, 1.82) is 0 Å². The summed E-state index contributed by atoms with van der Waals surface area (Å²) >= 11 is 0. The molecule has 1 aliphatic carbocycles. The number of hydrogen-bond acceptors (Lipinski definition) is 4. The summed E-state index contributed by atoms with van der Waals surface area (Å²) in [7, 11) is 1.56. The summed E-state index contributed by atoms with van der Waals surface area (Å²) in [6.45, 7) is 0. The molecule has 1 aromatic rings. The standard InChI is InChI=1S/C12H15N3O3/c1-18-9-4-2-3-8(7-9)14-11(16)12(5-6-12)10(13)15-17/h2-4,7,17H,5-6H2,1H3,(H2,13,15)(H,14,16). The Balaban J connectivity index is 2.12. The first-order valence-corrected chi connectivity index (χ1v) is 5.56. The predicted molar refractivity (Wildman–Crippen MR) is 66.7 cm³/mol. The van der Waals surface area contributed by atoms with Crippen molar-refractivity contribution in [2.45, 2.75) is 12.8 Å². The van der Waals surface area contributed by atoms with Gasteiger partial charge in [-0.2, -0.15) is 0 Å². The smallest absolute Gasteiger partial charge is 0.238 e. The fourth-order valence-corrected chi connectivity index (χ4v) is 1.77. The predicted octanol–water partition coefficient (Wildman–Crippen LogP) is 1.16. The number of ether oxygens (including phenoxy) is 1. The number of oxime groups is 1. The normalized spacial score (nSPS) is 17.1. The first-order valence-electron chi connectivity index (χ1n) is 5.56. The van der Waals surface area contributed by atoms with Crippen molar-refractivity contribution < 1.29 is 14.7 Å². The molecule has 0 saturated heterocycles. The Morgan fingerprint density at radius 1 is 1.56 bits per heavy atom. The number of nitrogens with two attached hydrogens (primary N) is 1. The molecule has 0 unspecified atom stereocenters. The van der Waals surface area contributed by atoms with Gasteiger partial charge in [-0.3, -0.25) is 4.79 Å². The Bertz CT molecular complexity index is 495. The van der Waals surface area contributed by atoms with Gasteiger partial charge in [-0.15, -0.1) is 0 Å². The highest BCUT2D eigenvalue weighted by atomic mass is 16.5. The van der Waals surface area contributed by atoms with Crippen molar-refractivity contribution in [3.63, 3.8) is 0 Å². The van der Waals surface area contributed by atoms with E-state index in [2.05, 4.69) is 10.5 Å². The highest BCUT2D eigenvalue weighted by Gasteiger charge is 2.54. The van der Waals surface area contributed by atoms with E-state index in [1.165, 1.54) is 0 Å². The third-order valence-corrected chi connectivity index (χ3v) is 3.11. The van der Waals surface area contributed by atoms with Crippen LogP contribution in [0.1, 0.15) is 12.8 Å². The minimum atomic E-state index is -0.849. The van der Waals surface area contributed by atoms with E-state index >= 15 is 0 Å². The Hall–Kier alpha value is -2.24. The van der Waals surface area contributed by atoms with E-state index in [0.29, 0.717) is 24.3 Å². The minimum absolute atomic E-state index is 0.0390. The van der Waals surface area contributed by atoms with Crippen LogP contribution in [0.25, 0.3) is 0 Å². The second-order valence-electron chi connectivity index (χ2n) is 4.25. The third kappa shape index (κ3) is 2.09. The molecule has 0 heterocycles. The average Bonchev–Trinajstić information content (AvgIpc) is 3.19. The van der Waals surface area contributed by atoms with Crippen LogP contribution in [-0.4, -0.2) is 24.1 Å². The Morgan fingerprint density at radius 2 is 2.28 bits per heavy atom. The van der Waals surface area contributed by atoms with Gasteiger partial charge in [-0.1, -0.05) is 11.2 Å². The van der Waals surface area contributed by atoms with E-state index in [0.717, 1.165) is 0 Å². The zero-order valence-electron chi connectivity index (χ0n) is 10.0. The van der Waals surface area contributed by atoms with Crippen LogP contribution in [0.4, 0.5) is 5.69 Å². The maximum Gasteiger partial charge on any atom is 0.238 e. The molecule has 6 nitrogen and oxygen atoms in total. The van der Waals surface area contributed by atoms with E-state index in [1.807, 2.05) is 0 Å². The van der Waals surface area contributed by atoms with Gasteiger partial charge >= 0.3 is 0 Å². The van der Waals surface area contributed by atoms with Gasteiger partial charge in [0.05, 0.1) is 7.11 Å². The van der Waals surface area contributed by atoms with Crippen LogP contribution in [0.2, 0.25) is 0 Å². The van der Waals surface area contributed by atoms with Crippen LogP contribution in [0.3, 0.4) is 0 Å². The Kier molecular flexibility index (Phi) is 3.10. The number of benzene rings is 1. The lowest BCUT2D eigenvalue weighted by molar-refractivity contribution is -0.119. The SMILES string of the molecule is COc1cccc(NC(=O)C2(/C(N)=N/O)CC2)c1. The van der Waals surface area contributed by atoms with E-state index in [1.54, 1.807) is 31.4 Å². The molecule has 1 aromatic carbocycles. The molecule has 18 heavy (non-hydrogen) atoms. The molecule has 1 fully saturated rings. The van der Waals surface area contributed by atoms with Gasteiger partial charge in [0.2, 0.25) is 5.91 Å². The zero-order chi connectivity index (χ0) is 13.2. The number of rotatable bonds is 4. The molecule has 4 N–H and O–H groups in total. The molecular weight excluding hydrogens is 234 g/mol. The summed E-state index contributed by atoms with van der Waals surface area (Å²) in [6.07, 6.45) is 1.19. The van der Waals surface area contributed by atoms with E-state index in [4.69, 9.17) is 15.7 Å².